The third kappa shape index (κ3) is 2.24. The quantitative estimate of drug-likeness (QED) is 0.749. The van der Waals surface area contributed by atoms with Crippen LogP contribution in [0.5, 0.6) is 0 Å². The number of anilines is 2. The van der Waals surface area contributed by atoms with Crippen molar-refractivity contribution >= 4 is 38.1 Å². The van der Waals surface area contributed by atoms with Gasteiger partial charge in [0, 0.05) is 27.9 Å². The molecule has 0 aliphatic heterocycles. The van der Waals surface area contributed by atoms with Crippen molar-refractivity contribution in [1.29, 1.82) is 5.26 Å². The maximum atomic E-state index is 9.26. The van der Waals surface area contributed by atoms with E-state index in [4.69, 9.17) is 0 Å². The van der Waals surface area contributed by atoms with E-state index in [1.807, 2.05) is 48.7 Å². The molecular formula is C16H10BrN3. The topological polar surface area (TPSA) is 48.7 Å². The highest BCUT2D eigenvalue weighted by atomic mass is 79.9. The molecule has 0 aliphatic rings. The minimum absolute atomic E-state index is 0.591. The summed E-state index contributed by atoms with van der Waals surface area (Å²) in [6, 6.07) is 15.8. The number of pyridine rings is 1. The SMILES string of the molecule is N#Cc1c(Br)cccc1Nc1cccc2ccncc12. The fourth-order valence-corrected chi connectivity index (χ4v) is 2.56. The van der Waals surface area contributed by atoms with Crippen LogP contribution in [0, 0.1) is 11.3 Å². The lowest BCUT2D eigenvalue weighted by atomic mass is 10.1. The number of benzene rings is 2. The summed E-state index contributed by atoms with van der Waals surface area (Å²) in [5.74, 6) is 0. The second kappa shape index (κ2) is 5.32. The van der Waals surface area contributed by atoms with Crippen molar-refractivity contribution in [3.63, 3.8) is 0 Å². The van der Waals surface area contributed by atoms with Crippen LogP contribution in [0.4, 0.5) is 11.4 Å². The van der Waals surface area contributed by atoms with Gasteiger partial charge in [-0.3, -0.25) is 4.98 Å². The van der Waals surface area contributed by atoms with Crippen molar-refractivity contribution in [3.05, 3.63) is 64.9 Å². The molecule has 2 aromatic carbocycles. The molecule has 0 atom stereocenters. The van der Waals surface area contributed by atoms with Crippen LogP contribution in [0.3, 0.4) is 0 Å². The van der Waals surface area contributed by atoms with E-state index in [9.17, 15) is 5.26 Å². The zero-order chi connectivity index (χ0) is 13.9. The molecule has 3 nitrogen and oxygen atoms in total. The van der Waals surface area contributed by atoms with Crippen molar-refractivity contribution < 1.29 is 0 Å². The normalized spacial score (nSPS) is 10.2. The second-order valence-corrected chi connectivity index (χ2v) is 5.16. The van der Waals surface area contributed by atoms with E-state index in [1.165, 1.54) is 0 Å². The number of aromatic nitrogens is 1. The van der Waals surface area contributed by atoms with Crippen LogP contribution >= 0.6 is 15.9 Å². The Labute approximate surface area is 125 Å². The largest absolute Gasteiger partial charge is 0.354 e. The molecule has 0 aliphatic carbocycles. The summed E-state index contributed by atoms with van der Waals surface area (Å²) in [5, 5.41) is 14.7. The molecule has 1 heterocycles. The molecule has 0 amide bonds. The number of halogens is 1. The predicted octanol–water partition coefficient (Wildman–Crippen LogP) is 4.61. The standard InChI is InChI=1S/C16H10BrN3/c17-14-4-2-6-15(12(14)9-18)20-16-5-1-3-11-7-8-19-10-13(11)16/h1-8,10,20H. The number of hydrogen-bond donors (Lipinski definition) is 1. The van der Waals surface area contributed by atoms with E-state index in [2.05, 4.69) is 32.3 Å². The Morgan fingerprint density at radius 3 is 2.70 bits per heavy atom. The molecule has 20 heavy (non-hydrogen) atoms. The molecule has 0 spiro atoms. The van der Waals surface area contributed by atoms with Gasteiger partial charge in [0.05, 0.1) is 11.3 Å². The first kappa shape index (κ1) is 12.6. The first-order chi connectivity index (χ1) is 9.79. The summed E-state index contributed by atoms with van der Waals surface area (Å²) >= 11 is 3.40. The maximum Gasteiger partial charge on any atom is 0.103 e. The van der Waals surface area contributed by atoms with Crippen LogP contribution in [-0.2, 0) is 0 Å². The average Bonchev–Trinajstić information content (AvgIpc) is 2.48. The number of nitrogens with zero attached hydrogens (tertiary/aromatic N) is 2. The lowest BCUT2D eigenvalue weighted by Gasteiger charge is -2.11. The fourth-order valence-electron chi connectivity index (χ4n) is 2.11. The van der Waals surface area contributed by atoms with Crippen molar-refractivity contribution in [3.8, 4) is 6.07 Å². The van der Waals surface area contributed by atoms with Gasteiger partial charge in [-0.25, -0.2) is 0 Å². The molecular weight excluding hydrogens is 314 g/mol. The Bertz CT molecular complexity index is 816. The van der Waals surface area contributed by atoms with E-state index < -0.39 is 0 Å². The van der Waals surface area contributed by atoms with E-state index in [0.29, 0.717) is 5.56 Å². The second-order valence-electron chi connectivity index (χ2n) is 4.30. The third-order valence-electron chi connectivity index (χ3n) is 3.08. The molecule has 1 aromatic heterocycles. The first-order valence-electron chi connectivity index (χ1n) is 6.08. The number of fused-ring (bicyclic) bond motifs is 1. The number of nitriles is 1. The zero-order valence-electron chi connectivity index (χ0n) is 10.5. The van der Waals surface area contributed by atoms with Gasteiger partial charge in [-0.05, 0) is 45.6 Å². The molecule has 0 unspecified atom stereocenters. The van der Waals surface area contributed by atoms with Gasteiger partial charge in [0.2, 0.25) is 0 Å². The highest BCUT2D eigenvalue weighted by Crippen LogP contribution is 2.30. The summed E-state index contributed by atoms with van der Waals surface area (Å²) < 4.78 is 0.781. The summed E-state index contributed by atoms with van der Waals surface area (Å²) in [6.45, 7) is 0. The van der Waals surface area contributed by atoms with Crippen LogP contribution < -0.4 is 5.32 Å². The van der Waals surface area contributed by atoms with Gasteiger partial charge >= 0.3 is 0 Å². The van der Waals surface area contributed by atoms with Gasteiger partial charge < -0.3 is 5.32 Å². The number of hydrogen-bond acceptors (Lipinski definition) is 3. The van der Waals surface area contributed by atoms with E-state index in [1.54, 1.807) is 6.20 Å². The Morgan fingerprint density at radius 2 is 1.85 bits per heavy atom. The van der Waals surface area contributed by atoms with Gasteiger partial charge in [0.1, 0.15) is 6.07 Å². The highest BCUT2D eigenvalue weighted by molar-refractivity contribution is 9.10. The van der Waals surface area contributed by atoms with Crippen LogP contribution in [0.15, 0.2) is 59.3 Å². The smallest absolute Gasteiger partial charge is 0.103 e. The van der Waals surface area contributed by atoms with Crippen molar-refractivity contribution in [2.45, 2.75) is 0 Å². The molecule has 3 aromatic rings. The summed E-state index contributed by atoms with van der Waals surface area (Å²) in [5.41, 5.74) is 2.30. The van der Waals surface area contributed by atoms with Crippen LogP contribution in [0.25, 0.3) is 10.8 Å². The first-order valence-corrected chi connectivity index (χ1v) is 6.87. The van der Waals surface area contributed by atoms with E-state index in [0.717, 1.165) is 26.6 Å². The van der Waals surface area contributed by atoms with Gasteiger partial charge in [-0.1, -0.05) is 18.2 Å². The van der Waals surface area contributed by atoms with Gasteiger partial charge in [0.15, 0.2) is 0 Å². The molecule has 96 valence electrons. The van der Waals surface area contributed by atoms with Crippen LogP contribution in [0.2, 0.25) is 0 Å². The molecule has 3 rings (SSSR count). The third-order valence-corrected chi connectivity index (χ3v) is 3.74. The number of nitrogens with one attached hydrogen (secondary N) is 1. The van der Waals surface area contributed by atoms with Crippen molar-refractivity contribution in [2.24, 2.45) is 0 Å². The van der Waals surface area contributed by atoms with Crippen LogP contribution in [0.1, 0.15) is 5.56 Å². The van der Waals surface area contributed by atoms with E-state index in [-0.39, 0.29) is 0 Å². The zero-order valence-corrected chi connectivity index (χ0v) is 12.1. The van der Waals surface area contributed by atoms with Gasteiger partial charge in [-0.15, -0.1) is 0 Å². The molecule has 4 heteroatoms. The fraction of sp³-hybridized carbons (Fsp3) is 0. The minimum atomic E-state index is 0.591. The summed E-state index contributed by atoms with van der Waals surface area (Å²) in [7, 11) is 0. The van der Waals surface area contributed by atoms with Crippen molar-refractivity contribution in [1.82, 2.24) is 4.98 Å². The maximum absolute atomic E-state index is 9.26. The number of rotatable bonds is 2. The van der Waals surface area contributed by atoms with E-state index >= 15 is 0 Å². The Kier molecular flexibility index (Phi) is 3.36. The predicted molar refractivity (Wildman–Crippen MR) is 83.9 cm³/mol. The van der Waals surface area contributed by atoms with Gasteiger partial charge in [-0.2, -0.15) is 5.26 Å². The molecule has 0 fully saturated rings. The Balaban J connectivity index is 2.11. The molecule has 0 saturated heterocycles. The summed E-state index contributed by atoms with van der Waals surface area (Å²) in [6.07, 6.45) is 3.59. The Hall–Kier alpha value is -2.38. The average molecular weight is 324 g/mol. The summed E-state index contributed by atoms with van der Waals surface area (Å²) in [4.78, 5) is 4.16. The molecule has 0 radical (unpaired) electrons. The lowest BCUT2D eigenvalue weighted by Crippen LogP contribution is -1.95. The monoisotopic (exact) mass is 323 g/mol. The molecule has 0 bridgehead atoms. The minimum Gasteiger partial charge on any atom is -0.354 e. The lowest BCUT2D eigenvalue weighted by molar-refractivity contribution is 1.36. The van der Waals surface area contributed by atoms with Crippen LogP contribution in [-0.4, -0.2) is 4.98 Å². The Morgan fingerprint density at radius 1 is 1.05 bits per heavy atom. The van der Waals surface area contributed by atoms with Crippen molar-refractivity contribution in [2.75, 3.05) is 5.32 Å². The highest BCUT2D eigenvalue weighted by Gasteiger charge is 2.07. The molecule has 0 saturated carbocycles. The molecule has 1 N–H and O–H groups in total. The van der Waals surface area contributed by atoms with Gasteiger partial charge in [0.25, 0.3) is 0 Å².